The molecule has 1 rings (SSSR count). The number of aliphatic hydroxyl groups excluding tert-OH is 1. The van der Waals surface area contributed by atoms with Crippen molar-refractivity contribution in [2.24, 2.45) is 17.6 Å². The Kier molecular flexibility index (Phi) is 5.09. The molecule has 0 saturated carbocycles. The molecule has 0 aliphatic carbocycles. The Bertz CT molecular complexity index is 365. The van der Waals surface area contributed by atoms with E-state index in [1.54, 1.807) is 6.07 Å². The summed E-state index contributed by atoms with van der Waals surface area (Å²) < 4.78 is 13.1. The molecule has 1 aromatic rings. The lowest BCUT2D eigenvalue weighted by atomic mass is 9.86. The summed E-state index contributed by atoms with van der Waals surface area (Å²) in [7, 11) is 0. The van der Waals surface area contributed by atoms with Crippen LogP contribution in [0.25, 0.3) is 0 Å². The SMILES string of the molecule is Cc1ccc(F)cc1CC(O)C(CN)C(C)C. The van der Waals surface area contributed by atoms with Crippen LogP contribution < -0.4 is 5.73 Å². The molecule has 0 saturated heterocycles. The molecule has 0 bridgehead atoms. The van der Waals surface area contributed by atoms with E-state index in [2.05, 4.69) is 0 Å². The second-order valence-corrected chi connectivity index (χ2v) is 4.99. The first-order valence-corrected chi connectivity index (χ1v) is 6.08. The standard InChI is InChI=1S/C14H22FNO/c1-9(2)13(8-16)14(17)7-11-6-12(15)5-4-10(11)3/h4-6,9,13-14,17H,7-8,16H2,1-3H3. The molecule has 0 aromatic heterocycles. The highest BCUT2D eigenvalue weighted by Crippen LogP contribution is 2.20. The van der Waals surface area contributed by atoms with Crippen molar-refractivity contribution in [2.75, 3.05) is 6.54 Å². The topological polar surface area (TPSA) is 46.2 Å². The Balaban J connectivity index is 2.79. The minimum Gasteiger partial charge on any atom is -0.392 e. The van der Waals surface area contributed by atoms with Crippen molar-refractivity contribution in [2.45, 2.75) is 33.3 Å². The fraction of sp³-hybridized carbons (Fsp3) is 0.571. The predicted octanol–water partition coefficient (Wildman–Crippen LogP) is 2.27. The molecule has 3 N–H and O–H groups in total. The zero-order valence-corrected chi connectivity index (χ0v) is 10.8. The molecule has 0 spiro atoms. The Labute approximate surface area is 103 Å². The summed E-state index contributed by atoms with van der Waals surface area (Å²) in [6.07, 6.45) is -0.0515. The minimum atomic E-state index is -0.513. The highest BCUT2D eigenvalue weighted by Gasteiger charge is 2.22. The molecule has 0 aliphatic heterocycles. The Morgan fingerprint density at radius 2 is 2.00 bits per heavy atom. The number of aryl methyl sites for hydroxylation is 1. The van der Waals surface area contributed by atoms with Gasteiger partial charge in [-0.15, -0.1) is 0 Å². The molecule has 1 aromatic carbocycles. The third-order valence-electron chi connectivity index (χ3n) is 3.36. The van der Waals surface area contributed by atoms with Gasteiger partial charge in [-0.1, -0.05) is 19.9 Å². The van der Waals surface area contributed by atoms with Crippen molar-refractivity contribution in [1.29, 1.82) is 0 Å². The van der Waals surface area contributed by atoms with Gasteiger partial charge in [0.25, 0.3) is 0 Å². The van der Waals surface area contributed by atoms with Crippen LogP contribution in [0.2, 0.25) is 0 Å². The van der Waals surface area contributed by atoms with Crippen LogP contribution in [0.3, 0.4) is 0 Å². The van der Waals surface area contributed by atoms with Crippen LogP contribution in [0.1, 0.15) is 25.0 Å². The van der Waals surface area contributed by atoms with Crippen LogP contribution in [-0.2, 0) is 6.42 Å². The molecule has 0 fully saturated rings. The van der Waals surface area contributed by atoms with E-state index in [0.717, 1.165) is 11.1 Å². The van der Waals surface area contributed by atoms with Gasteiger partial charge in [-0.3, -0.25) is 0 Å². The molecule has 2 atom stereocenters. The summed E-state index contributed by atoms with van der Waals surface area (Å²) in [6, 6.07) is 4.67. The first kappa shape index (κ1) is 14.1. The molecule has 2 unspecified atom stereocenters. The van der Waals surface area contributed by atoms with Crippen molar-refractivity contribution in [3.8, 4) is 0 Å². The first-order valence-electron chi connectivity index (χ1n) is 6.08. The highest BCUT2D eigenvalue weighted by molar-refractivity contribution is 5.27. The van der Waals surface area contributed by atoms with Gasteiger partial charge in [-0.05, 0) is 55.0 Å². The zero-order chi connectivity index (χ0) is 13.0. The van der Waals surface area contributed by atoms with Gasteiger partial charge in [0.2, 0.25) is 0 Å². The van der Waals surface area contributed by atoms with E-state index in [9.17, 15) is 9.50 Å². The van der Waals surface area contributed by atoms with E-state index in [4.69, 9.17) is 5.73 Å². The number of nitrogens with two attached hydrogens (primary N) is 1. The maximum atomic E-state index is 13.1. The monoisotopic (exact) mass is 239 g/mol. The molecule has 0 radical (unpaired) electrons. The molecule has 0 aliphatic rings. The van der Waals surface area contributed by atoms with E-state index in [-0.39, 0.29) is 11.7 Å². The number of hydrogen-bond acceptors (Lipinski definition) is 2. The van der Waals surface area contributed by atoms with Crippen molar-refractivity contribution in [3.05, 3.63) is 35.1 Å². The molecule has 0 amide bonds. The van der Waals surface area contributed by atoms with Gasteiger partial charge in [-0.2, -0.15) is 0 Å². The van der Waals surface area contributed by atoms with Gasteiger partial charge in [0.1, 0.15) is 5.82 Å². The van der Waals surface area contributed by atoms with Crippen LogP contribution in [0, 0.1) is 24.6 Å². The second kappa shape index (κ2) is 6.12. The molecule has 96 valence electrons. The smallest absolute Gasteiger partial charge is 0.123 e. The first-order chi connectivity index (χ1) is 7.95. The van der Waals surface area contributed by atoms with Crippen molar-refractivity contribution in [1.82, 2.24) is 0 Å². The molecule has 2 nitrogen and oxygen atoms in total. The average molecular weight is 239 g/mol. The highest BCUT2D eigenvalue weighted by atomic mass is 19.1. The molecular formula is C14H22FNO. The zero-order valence-electron chi connectivity index (χ0n) is 10.8. The average Bonchev–Trinajstić information content (AvgIpc) is 2.24. The predicted molar refractivity (Wildman–Crippen MR) is 68.2 cm³/mol. The normalized spacial score (nSPS) is 15.0. The van der Waals surface area contributed by atoms with Crippen molar-refractivity contribution < 1.29 is 9.50 Å². The molecular weight excluding hydrogens is 217 g/mol. The minimum absolute atomic E-state index is 0.0534. The summed E-state index contributed by atoms with van der Waals surface area (Å²) in [6.45, 7) is 6.46. The second-order valence-electron chi connectivity index (χ2n) is 4.99. The number of hydrogen-bond donors (Lipinski definition) is 2. The lowest BCUT2D eigenvalue weighted by Crippen LogP contribution is -2.33. The Morgan fingerprint density at radius 1 is 1.35 bits per heavy atom. The third kappa shape index (κ3) is 3.79. The van der Waals surface area contributed by atoms with Gasteiger partial charge >= 0.3 is 0 Å². The number of aliphatic hydroxyl groups is 1. The van der Waals surface area contributed by atoms with Gasteiger partial charge in [0.05, 0.1) is 6.10 Å². The summed E-state index contributed by atoms with van der Waals surface area (Å²) in [4.78, 5) is 0. The van der Waals surface area contributed by atoms with E-state index in [1.807, 2.05) is 20.8 Å². The van der Waals surface area contributed by atoms with Crippen LogP contribution >= 0.6 is 0 Å². The summed E-state index contributed by atoms with van der Waals surface area (Å²) in [5, 5.41) is 10.1. The van der Waals surface area contributed by atoms with Crippen molar-refractivity contribution in [3.63, 3.8) is 0 Å². The van der Waals surface area contributed by atoms with Gasteiger partial charge in [0.15, 0.2) is 0 Å². The molecule has 0 heterocycles. The molecule has 17 heavy (non-hydrogen) atoms. The number of benzene rings is 1. The fourth-order valence-corrected chi connectivity index (χ4v) is 2.11. The van der Waals surface area contributed by atoms with E-state index >= 15 is 0 Å². The number of rotatable bonds is 5. The van der Waals surface area contributed by atoms with E-state index < -0.39 is 6.10 Å². The third-order valence-corrected chi connectivity index (χ3v) is 3.36. The quantitative estimate of drug-likeness (QED) is 0.828. The lowest BCUT2D eigenvalue weighted by molar-refractivity contribution is 0.0861. The van der Waals surface area contributed by atoms with E-state index in [1.165, 1.54) is 12.1 Å². The Hall–Kier alpha value is -0.930. The maximum absolute atomic E-state index is 13.1. The number of halogens is 1. The fourth-order valence-electron chi connectivity index (χ4n) is 2.11. The van der Waals surface area contributed by atoms with Crippen LogP contribution in [-0.4, -0.2) is 17.8 Å². The largest absolute Gasteiger partial charge is 0.392 e. The summed E-state index contributed by atoms with van der Waals surface area (Å²) in [5.41, 5.74) is 7.52. The maximum Gasteiger partial charge on any atom is 0.123 e. The summed E-state index contributed by atoms with van der Waals surface area (Å²) >= 11 is 0. The van der Waals surface area contributed by atoms with E-state index in [0.29, 0.717) is 18.9 Å². The van der Waals surface area contributed by atoms with Crippen LogP contribution in [0.4, 0.5) is 4.39 Å². The summed E-state index contributed by atoms with van der Waals surface area (Å²) in [5.74, 6) is 0.119. The van der Waals surface area contributed by atoms with Gasteiger partial charge < -0.3 is 10.8 Å². The lowest BCUT2D eigenvalue weighted by Gasteiger charge is -2.25. The van der Waals surface area contributed by atoms with Gasteiger partial charge in [0, 0.05) is 0 Å². The van der Waals surface area contributed by atoms with Gasteiger partial charge in [-0.25, -0.2) is 4.39 Å². The molecule has 3 heteroatoms. The van der Waals surface area contributed by atoms with Crippen LogP contribution in [0.5, 0.6) is 0 Å². The van der Waals surface area contributed by atoms with Crippen molar-refractivity contribution >= 4 is 0 Å². The van der Waals surface area contributed by atoms with Crippen LogP contribution in [0.15, 0.2) is 18.2 Å². The Morgan fingerprint density at radius 3 is 2.53 bits per heavy atom.